The van der Waals surface area contributed by atoms with Crippen molar-refractivity contribution in [3.63, 3.8) is 0 Å². The third kappa shape index (κ3) is 3.50. The molecule has 0 saturated heterocycles. The minimum Gasteiger partial charge on any atom is -0.478 e. The Morgan fingerprint density at radius 1 is 1.14 bits per heavy atom. The third-order valence-electron chi connectivity index (χ3n) is 2.86. The lowest BCUT2D eigenvalue weighted by Crippen LogP contribution is -2.21. The van der Waals surface area contributed by atoms with E-state index in [1.807, 2.05) is 0 Å². The summed E-state index contributed by atoms with van der Waals surface area (Å²) in [5, 5.41) is 21.2. The molecule has 3 N–H and O–H groups in total. The van der Waals surface area contributed by atoms with Crippen molar-refractivity contribution in [1.29, 1.82) is 0 Å². The molecule has 0 spiro atoms. The topological polar surface area (TPSA) is 117 Å². The molecule has 1 heterocycles. The first-order valence-corrected chi connectivity index (χ1v) is 6.03. The molecule has 0 aliphatic carbocycles. The molecular formula is C13H13N5O3. The fourth-order valence-electron chi connectivity index (χ4n) is 1.72. The van der Waals surface area contributed by atoms with Crippen molar-refractivity contribution < 1.29 is 14.7 Å². The lowest BCUT2D eigenvalue weighted by Gasteiger charge is -2.10. The van der Waals surface area contributed by atoms with E-state index in [-0.39, 0.29) is 11.5 Å². The van der Waals surface area contributed by atoms with Gasteiger partial charge >= 0.3 is 12.0 Å². The van der Waals surface area contributed by atoms with Crippen LogP contribution in [0.3, 0.4) is 0 Å². The number of carbonyl (C=O) groups excluding carboxylic acids is 1. The molecule has 0 aliphatic rings. The zero-order valence-corrected chi connectivity index (χ0v) is 11.4. The van der Waals surface area contributed by atoms with Gasteiger partial charge in [0.1, 0.15) is 0 Å². The van der Waals surface area contributed by atoms with E-state index in [4.69, 9.17) is 5.11 Å². The molecule has 0 fully saturated rings. The monoisotopic (exact) mass is 287 g/mol. The molecule has 21 heavy (non-hydrogen) atoms. The number of rotatable bonds is 3. The molecule has 2 rings (SSSR count). The number of carboxylic acid groups (broad SMARTS) is 1. The molecule has 2 aromatic rings. The van der Waals surface area contributed by atoms with Crippen LogP contribution in [0.25, 0.3) is 0 Å². The van der Waals surface area contributed by atoms with Crippen molar-refractivity contribution in [2.75, 3.05) is 10.6 Å². The number of hydrogen-bond donors (Lipinski definition) is 3. The van der Waals surface area contributed by atoms with E-state index in [1.54, 1.807) is 19.9 Å². The minimum absolute atomic E-state index is 0.0530. The van der Waals surface area contributed by atoms with E-state index < -0.39 is 12.0 Å². The smallest absolute Gasteiger partial charge is 0.336 e. The van der Waals surface area contributed by atoms with Crippen molar-refractivity contribution in [3.05, 3.63) is 41.2 Å². The highest BCUT2D eigenvalue weighted by molar-refractivity contribution is 6.00. The number of aryl methyl sites for hydroxylation is 1. The number of nitrogens with zero attached hydrogens (tertiary/aromatic N) is 3. The Bertz CT molecular complexity index is 688. The number of hydrogen-bond acceptors (Lipinski definition) is 5. The van der Waals surface area contributed by atoms with Gasteiger partial charge in [-0.15, -0.1) is 5.10 Å². The van der Waals surface area contributed by atoms with Gasteiger partial charge in [0.25, 0.3) is 5.95 Å². The number of anilines is 2. The molecule has 108 valence electrons. The number of carbonyl (C=O) groups is 2. The fraction of sp³-hybridized carbons (Fsp3) is 0.154. The van der Waals surface area contributed by atoms with E-state index in [2.05, 4.69) is 25.8 Å². The standard InChI is InChI=1S/C13H13N5O3/c1-7-5-9(6-10(8(7)2)11(19)20)16-13(21)17-12-14-3-4-15-18-12/h3-6H,1-2H3,(H,19,20)(H2,14,16,17,18,21). The largest absolute Gasteiger partial charge is 0.478 e. The van der Waals surface area contributed by atoms with Crippen LogP contribution < -0.4 is 10.6 Å². The van der Waals surface area contributed by atoms with Crippen molar-refractivity contribution >= 4 is 23.6 Å². The molecule has 0 atom stereocenters. The third-order valence-corrected chi connectivity index (χ3v) is 2.86. The highest BCUT2D eigenvalue weighted by Crippen LogP contribution is 2.20. The average molecular weight is 287 g/mol. The van der Waals surface area contributed by atoms with Crippen LogP contribution in [-0.2, 0) is 0 Å². The summed E-state index contributed by atoms with van der Waals surface area (Å²) in [4.78, 5) is 26.7. The van der Waals surface area contributed by atoms with Gasteiger partial charge in [-0.1, -0.05) is 0 Å². The van der Waals surface area contributed by atoms with Gasteiger partial charge in [0.05, 0.1) is 18.0 Å². The summed E-state index contributed by atoms with van der Waals surface area (Å²) in [5.74, 6) is -0.993. The van der Waals surface area contributed by atoms with Gasteiger partial charge in [-0.25, -0.2) is 14.6 Å². The van der Waals surface area contributed by atoms with Crippen LogP contribution in [-0.4, -0.2) is 32.3 Å². The number of amides is 2. The summed E-state index contributed by atoms with van der Waals surface area (Å²) in [7, 11) is 0. The molecule has 1 aromatic carbocycles. The number of aromatic carboxylic acids is 1. The first-order valence-electron chi connectivity index (χ1n) is 6.03. The Morgan fingerprint density at radius 3 is 2.52 bits per heavy atom. The molecule has 0 unspecified atom stereocenters. The summed E-state index contributed by atoms with van der Waals surface area (Å²) in [5.41, 5.74) is 1.94. The van der Waals surface area contributed by atoms with Gasteiger partial charge in [-0.3, -0.25) is 5.32 Å². The van der Waals surface area contributed by atoms with E-state index in [9.17, 15) is 9.59 Å². The van der Waals surface area contributed by atoms with Gasteiger partial charge in [0, 0.05) is 5.69 Å². The normalized spacial score (nSPS) is 10.0. The fourth-order valence-corrected chi connectivity index (χ4v) is 1.72. The number of benzene rings is 1. The molecule has 1 aromatic heterocycles. The van der Waals surface area contributed by atoms with Crippen LogP contribution in [0.2, 0.25) is 0 Å². The van der Waals surface area contributed by atoms with Crippen molar-refractivity contribution in [3.8, 4) is 0 Å². The molecule has 0 bridgehead atoms. The second kappa shape index (κ2) is 5.95. The summed E-state index contributed by atoms with van der Waals surface area (Å²) in [6.07, 6.45) is 2.77. The SMILES string of the molecule is Cc1cc(NC(=O)Nc2nccnn2)cc(C(=O)O)c1C. The average Bonchev–Trinajstić information content (AvgIpc) is 2.43. The van der Waals surface area contributed by atoms with Crippen LogP contribution in [0.4, 0.5) is 16.4 Å². The van der Waals surface area contributed by atoms with Gasteiger partial charge < -0.3 is 10.4 Å². The van der Waals surface area contributed by atoms with Gasteiger partial charge in [-0.2, -0.15) is 5.10 Å². The van der Waals surface area contributed by atoms with Gasteiger partial charge in [-0.05, 0) is 37.1 Å². The highest BCUT2D eigenvalue weighted by atomic mass is 16.4. The molecular weight excluding hydrogens is 274 g/mol. The van der Waals surface area contributed by atoms with Crippen molar-refractivity contribution in [2.24, 2.45) is 0 Å². The molecule has 0 radical (unpaired) electrons. The highest BCUT2D eigenvalue weighted by Gasteiger charge is 2.12. The molecule has 8 nitrogen and oxygen atoms in total. The quantitative estimate of drug-likeness (QED) is 0.792. The Kier molecular flexibility index (Phi) is 4.07. The number of urea groups is 1. The predicted octanol–water partition coefficient (Wildman–Crippen LogP) is 1.83. The van der Waals surface area contributed by atoms with Crippen LogP contribution >= 0.6 is 0 Å². The van der Waals surface area contributed by atoms with Crippen LogP contribution in [0, 0.1) is 13.8 Å². The van der Waals surface area contributed by atoms with E-state index in [0.29, 0.717) is 11.3 Å². The molecule has 0 aliphatic heterocycles. The Labute approximate surface area is 120 Å². The number of nitrogens with one attached hydrogen (secondary N) is 2. The van der Waals surface area contributed by atoms with E-state index >= 15 is 0 Å². The van der Waals surface area contributed by atoms with Crippen molar-refractivity contribution in [2.45, 2.75) is 13.8 Å². The van der Waals surface area contributed by atoms with Crippen LogP contribution in [0.1, 0.15) is 21.5 Å². The van der Waals surface area contributed by atoms with Gasteiger partial charge in [0.2, 0.25) is 0 Å². The first kappa shape index (κ1) is 14.4. The summed E-state index contributed by atoms with van der Waals surface area (Å²) >= 11 is 0. The second-order valence-electron chi connectivity index (χ2n) is 4.32. The van der Waals surface area contributed by atoms with Crippen LogP contribution in [0.15, 0.2) is 24.5 Å². The second-order valence-corrected chi connectivity index (χ2v) is 4.32. The maximum atomic E-state index is 11.8. The van der Waals surface area contributed by atoms with E-state index in [0.717, 1.165) is 5.56 Å². The Morgan fingerprint density at radius 2 is 1.90 bits per heavy atom. The van der Waals surface area contributed by atoms with E-state index in [1.165, 1.54) is 18.5 Å². The summed E-state index contributed by atoms with van der Waals surface area (Å²) in [6.45, 7) is 3.49. The Hall–Kier alpha value is -3.03. The lowest BCUT2D eigenvalue weighted by molar-refractivity contribution is 0.0696. The first-order chi connectivity index (χ1) is 9.97. The summed E-state index contributed by atoms with van der Waals surface area (Å²) < 4.78 is 0. The van der Waals surface area contributed by atoms with Crippen molar-refractivity contribution in [1.82, 2.24) is 15.2 Å². The number of carboxylic acids is 1. The molecule has 8 heteroatoms. The maximum absolute atomic E-state index is 11.8. The zero-order valence-electron chi connectivity index (χ0n) is 11.4. The predicted molar refractivity (Wildman–Crippen MR) is 75.3 cm³/mol. The number of aromatic nitrogens is 3. The minimum atomic E-state index is -1.05. The molecule has 0 saturated carbocycles. The zero-order chi connectivity index (χ0) is 15.4. The lowest BCUT2D eigenvalue weighted by atomic mass is 10.0. The molecule has 2 amide bonds. The summed E-state index contributed by atoms with van der Waals surface area (Å²) in [6, 6.07) is 2.50. The Balaban J connectivity index is 2.16. The van der Waals surface area contributed by atoms with Crippen LogP contribution in [0.5, 0.6) is 0 Å². The van der Waals surface area contributed by atoms with Gasteiger partial charge in [0.15, 0.2) is 0 Å². The maximum Gasteiger partial charge on any atom is 0.336 e.